The fourth-order valence-electron chi connectivity index (χ4n) is 3.87. The van der Waals surface area contributed by atoms with Crippen LogP contribution in [0.5, 0.6) is 0 Å². The Labute approximate surface area is 196 Å². The molecule has 0 saturated carbocycles. The van der Waals surface area contributed by atoms with Crippen molar-refractivity contribution in [3.8, 4) is 0 Å². The largest absolute Gasteiger partial charge is 0.347 e. The summed E-state index contributed by atoms with van der Waals surface area (Å²) in [7, 11) is 0. The summed E-state index contributed by atoms with van der Waals surface area (Å²) in [5, 5.41) is 4.53. The van der Waals surface area contributed by atoms with E-state index in [0.29, 0.717) is 23.2 Å². The lowest BCUT2D eigenvalue weighted by molar-refractivity contribution is 0.0950. The minimum atomic E-state index is -0.204. The Kier molecular flexibility index (Phi) is 7.08. The molecule has 1 aliphatic heterocycles. The van der Waals surface area contributed by atoms with Crippen LogP contribution >= 0.6 is 22.9 Å². The third-order valence-electron chi connectivity index (χ3n) is 5.81. The van der Waals surface area contributed by atoms with E-state index in [9.17, 15) is 9.18 Å². The molecule has 2 aromatic carbocycles. The molecule has 0 spiro atoms. The van der Waals surface area contributed by atoms with E-state index < -0.39 is 0 Å². The van der Waals surface area contributed by atoms with Crippen LogP contribution < -0.4 is 10.2 Å². The summed E-state index contributed by atoms with van der Waals surface area (Å²) < 4.78 is 13.1. The summed E-state index contributed by atoms with van der Waals surface area (Å²) in [6.45, 7) is 7.97. The quantitative estimate of drug-likeness (QED) is 0.555. The first-order chi connectivity index (χ1) is 15.4. The fourth-order valence-corrected chi connectivity index (χ4v) is 4.93. The summed E-state index contributed by atoms with van der Waals surface area (Å²) in [4.78, 5) is 22.8. The van der Waals surface area contributed by atoms with Crippen molar-refractivity contribution in [2.75, 3.05) is 24.5 Å². The molecule has 1 unspecified atom stereocenters. The number of aromatic nitrogens is 1. The molecule has 3 aromatic rings. The number of benzene rings is 2. The van der Waals surface area contributed by atoms with Gasteiger partial charge in [-0.15, -0.1) is 11.3 Å². The zero-order valence-electron chi connectivity index (χ0n) is 18.1. The molecule has 168 valence electrons. The number of hydrogen-bond donors (Lipinski definition) is 1. The van der Waals surface area contributed by atoms with Crippen molar-refractivity contribution in [2.24, 2.45) is 0 Å². The Hall–Kier alpha value is -2.48. The van der Waals surface area contributed by atoms with Crippen LogP contribution in [0.4, 0.5) is 9.52 Å². The number of thiazole rings is 1. The molecule has 1 atom stereocenters. The lowest BCUT2D eigenvalue weighted by Gasteiger charge is -2.39. The van der Waals surface area contributed by atoms with Crippen LogP contribution in [-0.2, 0) is 13.1 Å². The van der Waals surface area contributed by atoms with Gasteiger partial charge in [0.2, 0.25) is 0 Å². The van der Waals surface area contributed by atoms with Gasteiger partial charge in [-0.1, -0.05) is 29.8 Å². The summed E-state index contributed by atoms with van der Waals surface area (Å²) in [6.07, 6.45) is 1.83. The first kappa shape index (κ1) is 22.7. The lowest BCUT2D eigenvalue weighted by atomic mass is 10.1. The summed E-state index contributed by atoms with van der Waals surface area (Å²) >= 11 is 7.73. The number of halogens is 2. The monoisotopic (exact) mass is 472 g/mol. The molecule has 4 rings (SSSR count). The molecule has 1 aromatic heterocycles. The number of amides is 1. The number of hydrogen-bond acceptors (Lipinski definition) is 5. The van der Waals surface area contributed by atoms with Crippen LogP contribution in [0.25, 0.3) is 0 Å². The molecular formula is C24H26ClFN4OS. The number of nitrogens with one attached hydrogen (secondary N) is 1. The minimum absolute atomic E-state index is 0.136. The number of carbonyl (C=O) groups excluding carboxylic acids is 1. The zero-order valence-corrected chi connectivity index (χ0v) is 19.7. The Balaban J connectivity index is 1.31. The number of carbonyl (C=O) groups is 1. The number of nitrogens with zero attached hydrogens (tertiary/aromatic N) is 3. The maximum atomic E-state index is 13.1. The van der Waals surface area contributed by atoms with Crippen LogP contribution in [0.3, 0.4) is 0 Å². The van der Waals surface area contributed by atoms with Crippen LogP contribution in [-0.4, -0.2) is 41.5 Å². The summed E-state index contributed by atoms with van der Waals surface area (Å²) in [5.41, 5.74) is 2.49. The van der Waals surface area contributed by atoms with E-state index in [1.807, 2.05) is 25.3 Å². The average molecular weight is 473 g/mol. The molecule has 0 bridgehead atoms. The molecule has 0 aliphatic carbocycles. The van der Waals surface area contributed by atoms with Crippen LogP contribution in [0.1, 0.15) is 33.3 Å². The molecule has 5 nitrogen and oxygen atoms in total. The predicted octanol–water partition coefficient (Wildman–Crippen LogP) is 4.88. The van der Waals surface area contributed by atoms with Crippen molar-refractivity contribution in [3.05, 3.63) is 81.1 Å². The molecule has 1 saturated heterocycles. The Bertz CT molecular complexity index is 1090. The standard InChI is InChI=1S/C24H26ClFN4OS/c1-16-14-30(11-10-29(16)15-18-6-8-19(26)9-7-18)24-28-13-20(32-24)12-27-23(31)21-4-3-5-22(25)17(21)2/h3-9,13,16H,10-12,14-15H2,1-2H3,(H,27,31). The highest BCUT2D eigenvalue weighted by Gasteiger charge is 2.25. The van der Waals surface area contributed by atoms with E-state index in [2.05, 4.69) is 27.0 Å². The van der Waals surface area contributed by atoms with E-state index in [-0.39, 0.29) is 11.7 Å². The molecule has 8 heteroatoms. The Morgan fingerprint density at radius 2 is 2.03 bits per heavy atom. The van der Waals surface area contributed by atoms with E-state index in [4.69, 9.17) is 11.6 Å². The second-order valence-corrected chi connectivity index (χ2v) is 9.60. The van der Waals surface area contributed by atoms with Gasteiger partial charge in [0.15, 0.2) is 5.13 Å². The van der Waals surface area contributed by atoms with Gasteiger partial charge in [-0.3, -0.25) is 9.69 Å². The Morgan fingerprint density at radius 3 is 2.78 bits per heavy atom. The SMILES string of the molecule is Cc1c(Cl)cccc1C(=O)NCc1cnc(N2CCN(Cc3ccc(F)cc3)C(C)C2)s1. The highest BCUT2D eigenvalue weighted by atomic mass is 35.5. The third-order valence-corrected chi connectivity index (χ3v) is 7.28. The smallest absolute Gasteiger partial charge is 0.251 e. The van der Waals surface area contributed by atoms with Crippen molar-refractivity contribution < 1.29 is 9.18 Å². The van der Waals surface area contributed by atoms with Crippen LogP contribution in [0.2, 0.25) is 5.02 Å². The molecule has 2 heterocycles. The fraction of sp³-hybridized carbons (Fsp3) is 0.333. The van der Waals surface area contributed by atoms with Crippen LogP contribution in [0, 0.1) is 12.7 Å². The van der Waals surface area contributed by atoms with Gasteiger partial charge in [0, 0.05) is 53.9 Å². The first-order valence-corrected chi connectivity index (χ1v) is 11.8. The summed E-state index contributed by atoms with van der Waals surface area (Å²) in [6, 6.07) is 12.4. The van der Waals surface area contributed by atoms with E-state index in [0.717, 1.165) is 47.3 Å². The molecule has 0 radical (unpaired) electrons. The van der Waals surface area contributed by atoms with E-state index >= 15 is 0 Å². The van der Waals surface area contributed by atoms with Gasteiger partial charge in [-0.2, -0.15) is 0 Å². The van der Waals surface area contributed by atoms with Crippen LogP contribution in [0.15, 0.2) is 48.7 Å². The highest BCUT2D eigenvalue weighted by Crippen LogP contribution is 2.26. The highest BCUT2D eigenvalue weighted by molar-refractivity contribution is 7.15. The first-order valence-electron chi connectivity index (χ1n) is 10.6. The van der Waals surface area contributed by atoms with Gasteiger partial charge in [0.05, 0.1) is 6.54 Å². The van der Waals surface area contributed by atoms with Gasteiger partial charge >= 0.3 is 0 Å². The van der Waals surface area contributed by atoms with Gasteiger partial charge in [-0.05, 0) is 49.2 Å². The zero-order chi connectivity index (χ0) is 22.7. The number of rotatable bonds is 6. The molecule has 1 fully saturated rings. The van der Waals surface area contributed by atoms with Gasteiger partial charge < -0.3 is 10.2 Å². The lowest BCUT2D eigenvalue weighted by Crippen LogP contribution is -2.51. The average Bonchev–Trinajstić information content (AvgIpc) is 3.26. The molecule has 32 heavy (non-hydrogen) atoms. The van der Waals surface area contributed by atoms with Crippen molar-refractivity contribution in [1.29, 1.82) is 0 Å². The molecular weight excluding hydrogens is 447 g/mol. The van der Waals surface area contributed by atoms with E-state index in [1.165, 1.54) is 12.1 Å². The van der Waals surface area contributed by atoms with Gasteiger partial charge in [0.25, 0.3) is 5.91 Å². The van der Waals surface area contributed by atoms with Gasteiger partial charge in [0.1, 0.15) is 5.82 Å². The molecule has 1 amide bonds. The molecule has 1 N–H and O–H groups in total. The van der Waals surface area contributed by atoms with Gasteiger partial charge in [-0.25, -0.2) is 9.37 Å². The second-order valence-electron chi connectivity index (χ2n) is 8.10. The van der Waals surface area contributed by atoms with E-state index in [1.54, 1.807) is 29.5 Å². The second kappa shape index (κ2) is 9.98. The number of anilines is 1. The maximum Gasteiger partial charge on any atom is 0.251 e. The number of piperazine rings is 1. The molecule has 1 aliphatic rings. The van der Waals surface area contributed by atoms with Crippen molar-refractivity contribution in [1.82, 2.24) is 15.2 Å². The van der Waals surface area contributed by atoms with Crippen molar-refractivity contribution >= 4 is 34.0 Å². The Morgan fingerprint density at radius 1 is 1.25 bits per heavy atom. The van der Waals surface area contributed by atoms with Crippen molar-refractivity contribution in [2.45, 2.75) is 33.0 Å². The van der Waals surface area contributed by atoms with Crippen molar-refractivity contribution in [3.63, 3.8) is 0 Å². The summed E-state index contributed by atoms with van der Waals surface area (Å²) in [5.74, 6) is -0.340. The third kappa shape index (κ3) is 5.28. The topological polar surface area (TPSA) is 48.5 Å². The maximum absolute atomic E-state index is 13.1. The normalized spacial score (nSPS) is 16.9. The minimum Gasteiger partial charge on any atom is -0.347 e. The predicted molar refractivity (Wildman–Crippen MR) is 128 cm³/mol.